The predicted molar refractivity (Wildman–Crippen MR) is 114 cm³/mol. The van der Waals surface area contributed by atoms with Crippen molar-refractivity contribution in [3.63, 3.8) is 0 Å². The molecule has 1 aliphatic heterocycles. The fourth-order valence-electron chi connectivity index (χ4n) is 3.05. The molecule has 3 rings (SSSR count). The number of aryl methyl sites for hydroxylation is 1. The molecule has 148 valence electrons. The lowest BCUT2D eigenvalue weighted by molar-refractivity contribution is 0.101. The van der Waals surface area contributed by atoms with Crippen molar-refractivity contribution in [2.24, 2.45) is 0 Å². The first-order chi connectivity index (χ1) is 13.3. The van der Waals surface area contributed by atoms with Crippen LogP contribution in [0.3, 0.4) is 0 Å². The number of hydrogen-bond acceptors (Lipinski definition) is 4. The summed E-state index contributed by atoms with van der Waals surface area (Å²) >= 11 is 5.49. The first-order valence-electron chi connectivity index (χ1n) is 9.02. The van der Waals surface area contributed by atoms with Gasteiger partial charge in [0.05, 0.1) is 4.90 Å². The molecule has 0 atom stereocenters. The predicted octanol–water partition coefficient (Wildman–Crippen LogP) is 2.90. The van der Waals surface area contributed by atoms with Crippen LogP contribution in [0.4, 0.5) is 5.69 Å². The summed E-state index contributed by atoms with van der Waals surface area (Å²) in [6.07, 6.45) is 0. The molecule has 0 radical (unpaired) electrons. The molecule has 1 N–H and O–H groups in total. The lowest BCUT2D eigenvalue weighted by Crippen LogP contribution is -2.51. The molecule has 0 amide bonds. The maximum atomic E-state index is 12.9. The molecule has 2 aromatic rings. The molecule has 0 aromatic heterocycles. The quantitative estimate of drug-likeness (QED) is 0.609. The van der Waals surface area contributed by atoms with Crippen LogP contribution in [-0.4, -0.2) is 54.7 Å². The molecular weight excluding hydrogens is 394 g/mol. The Balaban J connectivity index is 1.63. The number of sulfonamides is 1. The van der Waals surface area contributed by atoms with Crippen LogP contribution in [0.1, 0.15) is 22.8 Å². The topological polar surface area (TPSA) is 69.7 Å². The van der Waals surface area contributed by atoms with Crippen LogP contribution in [0, 0.1) is 6.92 Å². The summed E-state index contributed by atoms with van der Waals surface area (Å²) in [5, 5.41) is 3.83. The van der Waals surface area contributed by atoms with E-state index in [-0.39, 0.29) is 10.7 Å². The van der Waals surface area contributed by atoms with Crippen LogP contribution < -0.4 is 5.32 Å². The highest BCUT2D eigenvalue weighted by Gasteiger charge is 2.29. The minimum Gasteiger partial charge on any atom is -0.346 e. The second-order valence-electron chi connectivity index (χ2n) is 6.72. The van der Waals surface area contributed by atoms with E-state index in [1.807, 2.05) is 36.1 Å². The zero-order valence-electron chi connectivity index (χ0n) is 15.9. The molecule has 0 aliphatic carbocycles. The molecular formula is C20H23N3O3S2. The normalized spacial score (nSPS) is 15.3. The monoisotopic (exact) mass is 417 g/mol. The molecule has 6 nitrogen and oxygen atoms in total. The van der Waals surface area contributed by atoms with Crippen LogP contribution in [0.2, 0.25) is 0 Å². The number of thiocarbonyl (C=S) groups is 1. The van der Waals surface area contributed by atoms with Crippen molar-refractivity contribution in [2.75, 3.05) is 31.5 Å². The SMILES string of the molecule is CC(=O)c1ccc(S(=O)(=O)N2CCN(C(=S)Nc3ccccc3C)CC2)cc1. The van der Waals surface area contributed by atoms with Gasteiger partial charge >= 0.3 is 0 Å². The molecule has 0 spiro atoms. The largest absolute Gasteiger partial charge is 0.346 e. The number of piperazine rings is 1. The van der Waals surface area contributed by atoms with Gasteiger partial charge in [-0.15, -0.1) is 0 Å². The van der Waals surface area contributed by atoms with E-state index >= 15 is 0 Å². The van der Waals surface area contributed by atoms with Crippen molar-refractivity contribution >= 4 is 38.8 Å². The van der Waals surface area contributed by atoms with Gasteiger partial charge in [-0.05, 0) is 49.8 Å². The smallest absolute Gasteiger partial charge is 0.243 e. The van der Waals surface area contributed by atoms with Crippen LogP contribution in [0.15, 0.2) is 53.4 Å². The standard InChI is InChI=1S/C20H23N3O3S2/c1-15-5-3-4-6-19(15)21-20(27)22-11-13-23(14-12-22)28(25,26)18-9-7-17(8-10-18)16(2)24/h3-10H,11-14H2,1-2H3,(H,21,27). The van der Waals surface area contributed by atoms with E-state index in [0.29, 0.717) is 36.9 Å². The van der Waals surface area contributed by atoms with E-state index in [1.165, 1.54) is 23.4 Å². The van der Waals surface area contributed by atoms with Gasteiger partial charge in [0.25, 0.3) is 0 Å². The molecule has 1 fully saturated rings. The van der Waals surface area contributed by atoms with Gasteiger partial charge in [-0.1, -0.05) is 30.3 Å². The number of benzene rings is 2. The number of rotatable bonds is 4. The molecule has 1 saturated heterocycles. The number of hydrogen-bond donors (Lipinski definition) is 1. The Morgan fingerprint density at radius 1 is 1.00 bits per heavy atom. The van der Waals surface area contributed by atoms with Crippen LogP contribution in [-0.2, 0) is 10.0 Å². The summed E-state index contributed by atoms with van der Waals surface area (Å²) in [6, 6.07) is 14.0. The molecule has 0 bridgehead atoms. The number of nitrogens with one attached hydrogen (secondary N) is 1. The minimum atomic E-state index is -3.59. The maximum Gasteiger partial charge on any atom is 0.243 e. The fraction of sp³-hybridized carbons (Fsp3) is 0.300. The van der Waals surface area contributed by atoms with Crippen molar-refractivity contribution in [1.82, 2.24) is 9.21 Å². The Bertz CT molecular complexity index is 980. The Labute approximate surface area is 171 Å². The summed E-state index contributed by atoms with van der Waals surface area (Å²) in [5.74, 6) is -0.0905. The van der Waals surface area contributed by atoms with Crippen molar-refractivity contribution in [3.05, 3.63) is 59.7 Å². The maximum absolute atomic E-state index is 12.9. The molecule has 8 heteroatoms. The van der Waals surface area contributed by atoms with Gasteiger partial charge in [0.2, 0.25) is 10.0 Å². The van der Waals surface area contributed by atoms with Gasteiger partial charge in [0.15, 0.2) is 10.9 Å². The van der Waals surface area contributed by atoms with Gasteiger partial charge in [-0.25, -0.2) is 8.42 Å². The zero-order valence-corrected chi connectivity index (χ0v) is 17.5. The van der Waals surface area contributed by atoms with E-state index in [9.17, 15) is 13.2 Å². The van der Waals surface area contributed by atoms with E-state index in [2.05, 4.69) is 5.32 Å². The van der Waals surface area contributed by atoms with E-state index in [4.69, 9.17) is 12.2 Å². The molecule has 1 aliphatic rings. The first-order valence-corrected chi connectivity index (χ1v) is 10.9. The van der Waals surface area contributed by atoms with Gasteiger partial charge in [0.1, 0.15) is 0 Å². The summed E-state index contributed by atoms with van der Waals surface area (Å²) in [5.41, 5.74) is 2.55. The van der Waals surface area contributed by atoms with Crippen molar-refractivity contribution in [1.29, 1.82) is 0 Å². The summed E-state index contributed by atoms with van der Waals surface area (Å²) in [6.45, 7) is 5.20. The lowest BCUT2D eigenvalue weighted by Gasteiger charge is -2.35. The Morgan fingerprint density at radius 2 is 1.61 bits per heavy atom. The minimum absolute atomic E-state index is 0.0905. The highest BCUT2D eigenvalue weighted by atomic mass is 32.2. The third-order valence-corrected chi connectivity index (χ3v) is 7.08. The van der Waals surface area contributed by atoms with E-state index < -0.39 is 10.0 Å². The first kappa shape index (κ1) is 20.4. The highest BCUT2D eigenvalue weighted by Crippen LogP contribution is 2.20. The van der Waals surface area contributed by atoms with Gasteiger partial charge in [0, 0.05) is 37.4 Å². The third kappa shape index (κ3) is 4.40. The van der Waals surface area contributed by atoms with Gasteiger partial charge in [-0.3, -0.25) is 4.79 Å². The summed E-state index contributed by atoms with van der Waals surface area (Å²) in [4.78, 5) is 13.6. The molecule has 1 heterocycles. The average molecular weight is 418 g/mol. The van der Waals surface area contributed by atoms with Crippen molar-refractivity contribution in [3.8, 4) is 0 Å². The second kappa shape index (κ2) is 8.38. The summed E-state index contributed by atoms with van der Waals surface area (Å²) < 4.78 is 27.2. The molecule has 0 saturated carbocycles. The van der Waals surface area contributed by atoms with Crippen LogP contribution in [0.25, 0.3) is 0 Å². The van der Waals surface area contributed by atoms with E-state index in [0.717, 1.165) is 11.3 Å². The van der Waals surface area contributed by atoms with Gasteiger partial charge < -0.3 is 10.2 Å². The van der Waals surface area contributed by atoms with Crippen LogP contribution >= 0.6 is 12.2 Å². The molecule has 2 aromatic carbocycles. The second-order valence-corrected chi connectivity index (χ2v) is 9.04. The fourth-order valence-corrected chi connectivity index (χ4v) is 4.76. The zero-order chi connectivity index (χ0) is 20.3. The Morgan fingerprint density at radius 3 is 2.18 bits per heavy atom. The third-order valence-electron chi connectivity index (χ3n) is 4.81. The molecule has 0 unspecified atom stereocenters. The number of carbonyl (C=O) groups excluding carboxylic acids is 1. The number of carbonyl (C=O) groups is 1. The van der Waals surface area contributed by atoms with Gasteiger partial charge in [-0.2, -0.15) is 4.31 Å². The number of nitrogens with zero attached hydrogens (tertiary/aromatic N) is 2. The van der Waals surface area contributed by atoms with Crippen LogP contribution in [0.5, 0.6) is 0 Å². The Kier molecular flexibility index (Phi) is 6.12. The van der Waals surface area contributed by atoms with Crippen molar-refractivity contribution in [2.45, 2.75) is 18.7 Å². The van der Waals surface area contributed by atoms with E-state index in [1.54, 1.807) is 12.1 Å². The molecule has 28 heavy (non-hydrogen) atoms. The number of para-hydroxylation sites is 1. The lowest BCUT2D eigenvalue weighted by atomic mass is 10.2. The summed E-state index contributed by atoms with van der Waals surface area (Å²) in [7, 11) is -3.59. The average Bonchev–Trinajstić information content (AvgIpc) is 2.70. The number of Topliss-reactive ketones (excluding diaryl/α,β-unsaturated/α-hetero) is 1. The Hall–Kier alpha value is -2.29. The number of ketones is 1. The van der Waals surface area contributed by atoms with Crippen molar-refractivity contribution < 1.29 is 13.2 Å². The number of anilines is 1. The highest BCUT2D eigenvalue weighted by molar-refractivity contribution is 7.89.